The van der Waals surface area contributed by atoms with Gasteiger partial charge in [-0.25, -0.2) is 0 Å². The maximum Gasteiger partial charge on any atom is 0.230 e. The number of carbonyl (C=O) groups excluding carboxylic acids is 1. The molecule has 4 heteroatoms. The number of benzene rings is 1. The van der Waals surface area contributed by atoms with E-state index < -0.39 is 5.60 Å². The van der Waals surface area contributed by atoms with Crippen LogP contribution in [0.1, 0.15) is 37.7 Å². The first-order valence-corrected chi connectivity index (χ1v) is 7.36. The normalized spacial score (nSPS) is 23.5. The summed E-state index contributed by atoms with van der Waals surface area (Å²) in [7, 11) is 0. The molecule has 2 heterocycles. The molecule has 2 aliphatic rings. The molecule has 1 amide bonds. The molecule has 1 saturated heterocycles. The van der Waals surface area contributed by atoms with E-state index in [1.807, 2.05) is 24.3 Å². The highest BCUT2D eigenvalue weighted by molar-refractivity contribution is 5.85. The van der Waals surface area contributed by atoms with Crippen molar-refractivity contribution >= 4 is 5.91 Å². The van der Waals surface area contributed by atoms with Gasteiger partial charge in [0.15, 0.2) is 0 Å². The van der Waals surface area contributed by atoms with Crippen molar-refractivity contribution in [1.29, 1.82) is 0 Å². The second kappa shape index (κ2) is 5.09. The van der Waals surface area contributed by atoms with Gasteiger partial charge in [-0.3, -0.25) is 4.79 Å². The number of amides is 1. The van der Waals surface area contributed by atoms with E-state index in [1.165, 1.54) is 0 Å². The van der Waals surface area contributed by atoms with Crippen molar-refractivity contribution < 1.29 is 14.6 Å². The van der Waals surface area contributed by atoms with Crippen LogP contribution in [0.5, 0.6) is 5.75 Å². The highest BCUT2D eigenvalue weighted by Crippen LogP contribution is 2.37. The summed E-state index contributed by atoms with van der Waals surface area (Å²) in [4.78, 5) is 14.4. The van der Waals surface area contributed by atoms with E-state index >= 15 is 0 Å². The number of rotatable bonds is 3. The molecule has 0 saturated carbocycles. The van der Waals surface area contributed by atoms with Crippen molar-refractivity contribution in [1.82, 2.24) is 4.90 Å². The second-order valence-corrected chi connectivity index (χ2v) is 5.90. The van der Waals surface area contributed by atoms with Crippen LogP contribution >= 0.6 is 0 Å². The lowest BCUT2D eigenvalue weighted by Gasteiger charge is -2.48. The Morgan fingerprint density at radius 3 is 2.95 bits per heavy atom. The Kier molecular flexibility index (Phi) is 3.42. The van der Waals surface area contributed by atoms with E-state index in [9.17, 15) is 9.90 Å². The van der Waals surface area contributed by atoms with Gasteiger partial charge in [0, 0.05) is 5.56 Å². The molecule has 1 aromatic rings. The van der Waals surface area contributed by atoms with Gasteiger partial charge >= 0.3 is 0 Å². The highest BCUT2D eigenvalue weighted by atomic mass is 16.5. The minimum atomic E-state index is -0.658. The number of hydrogen-bond donors (Lipinski definition) is 1. The molecule has 108 valence electrons. The van der Waals surface area contributed by atoms with E-state index in [4.69, 9.17) is 4.74 Å². The molecule has 0 radical (unpaired) electrons. The number of carbonyl (C=O) groups is 1. The van der Waals surface area contributed by atoms with Crippen molar-refractivity contribution in [2.45, 2.75) is 37.7 Å². The summed E-state index contributed by atoms with van der Waals surface area (Å²) in [5.41, 5.74) is 0.324. The van der Waals surface area contributed by atoms with Gasteiger partial charge in [0.25, 0.3) is 0 Å². The van der Waals surface area contributed by atoms with Gasteiger partial charge in [-0.05, 0) is 18.9 Å². The summed E-state index contributed by atoms with van der Waals surface area (Å²) in [6.07, 6.45) is 2.43. The van der Waals surface area contributed by atoms with E-state index in [1.54, 1.807) is 4.90 Å². The monoisotopic (exact) mass is 275 g/mol. The molecule has 0 bridgehead atoms. The van der Waals surface area contributed by atoms with E-state index in [0.29, 0.717) is 19.7 Å². The second-order valence-electron chi connectivity index (χ2n) is 5.90. The van der Waals surface area contributed by atoms with Gasteiger partial charge in [0.05, 0.1) is 31.2 Å². The number of nitrogens with zero attached hydrogens (tertiary/aromatic N) is 1. The first kappa shape index (κ1) is 13.4. The van der Waals surface area contributed by atoms with E-state index in [-0.39, 0.29) is 11.8 Å². The van der Waals surface area contributed by atoms with E-state index in [2.05, 4.69) is 6.92 Å². The molecule has 1 atom stereocenters. The summed E-state index contributed by atoms with van der Waals surface area (Å²) >= 11 is 0. The topological polar surface area (TPSA) is 49.8 Å². The van der Waals surface area contributed by atoms with Gasteiger partial charge < -0.3 is 14.7 Å². The average Bonchev–Trinajstić information content (AvgIpc) is 2.43. The fraction of sp³-hybridized carbons (Fsp3) is 0.562. The molecule has 0 spiro atoms. The summed E-state index contributed by atoms with van der Waals surface area (Å²) < 4.78 is 5.59. The molecule has 1 N–H and O–H groups in total. The molecule has 1 fully saturated rings. The van der Waals surface area contributed by atoms with Crippen molar-refractivity contribution in [3.63, 3.8) is 0 Å². The summed E-state index contributed by atoms with van der Waals surface area (Å²) in [6, 6.07) is 7.75. The van der Waals surface area contributed by atoms with Gasteiger partial charge in [0.1, 0.15) is 5.75 Å². The molecule has 0 aliphatic carbocycles. The first-order valence-electron chi connectivity index (χ1n) is 7.36. The highest BCUT2D eigenvalue weighted by Gasteiger charge is 2.45. The maximum atomic E-state index is 12.6. The minimum absolute atomic E-state index is 0.119. The minimum Gasteiger partial charge on any atom is -0.493 e. The SMILES string of the molecule is CCCC1(O)CN(C(=O)C2CCOc3ccccc32)C1. The quantitative estimate of drug-likeness (QED) is 0.917. The number of ether oxygens (including phenoxy) is 1. The Morgan fingerprint density at radius 1 is 1.45 bits per heavy atom. The largest absolute Gasteiger partial charge is 0.493 e. The van der Waals surface area contributed by atoms with Crippen LogP contribution in [0.25, 0.3) is 0 Å². The Morgan fingerprint density at radius 2 is 2.20 bits per heavy atom. The number of hydrogen-bond acceptors (Lipinski definition) is 3. The fourth-order valence-electron chi connectivity index (χ4n) is 3.26. The lowest BCUT2D eigenvalue weighted by Crippen LogP contribution is -2.64. The van der Waals surface area contributed by atoms with Crippen LogP contribution in [0, 0.1) is 0 Å². The molecule has 2 aliphatic heterocycles. The summed E-state index contributed by atoms with van der Waals surface area (Å²) in [6.45, 7) is 3.58. The smallest absolute Gasteiger partial charge is 0.230 e. The Labute approximate surface area is 119 Å². The van der Waals surface area contributed by atoms with Crippen LogP contribution in [-0.2, 0) is 4.79 Å². The number of para-hydroxylation sites is 1. The predicted octanol–water partition coefficient (Wildman–Crippen LogP) is 1.93. The number of aliphatic hydroxyl groups is 1. The third-order valence-corrected chi connectivity index (χ3v) is 4.25. The van der Waals surface area contributed by atoms with Crippen molar-refractivity contribution in [3.8, 4) is 5.75 Å². The van der Waals surface area contributed by atoms with Crippen LogP contribution in [0.15, 0.2) is 24.3 Å². The molecule has 0 aromatic heterocycles. The van der Waals surface area contributed by atoms with Gasteiger partial charge in [-0.2, -0.15) is 0 Å². The lowest BCUT2D eigenvalue weighted by atomic mass is 9.85. The molecule has 1 aromatic carbocycles. The molecular formula is C16H21NO3. The average molecular weight is 275 g/mol. The predicted molar refractivity (Wildman–Crippen MR) is 75.7 cm³/mol. The summed E-state index contributed by atoms with van der Waals surface area (Å²) in [5, 5.41) is 10.2. The standard InChI is InChI=1S/C16H21NO3/c1-2-8-16(19)10-17(11-16)15(18)13-7-9-20-14-6-4-3-5-12(13)14/h3-6,13,19H,2,7-11H2,1H3. The van der Waals surface area contributed by atoms with Crippen LogP contribution in [-0.4, -0.2) is 41.2 Å². The number of likely N-dealkylation sites (tertiary alicyclic amines) is 1. The zero-order valence-corrected chi connectivity index (χ0v) is 11.8. The number of fused-ring (bicyclic) bond motifs is 1. The molecule has 3 rings (SSSR count). The number of β-amino-alcohol motifs (C(OH)–C–C–N with tert-alkyl or cyclic N) is 1. The zero-order valence-electron chi connectivity index (χ0n) is 11.8. The first-order chi connectivity index (χ1) is 9.63. The molecule has 1 unspecified atom stereocenters. The van der Waals surface area contributed by atoms with Crippen LogP contribution in [0.2, 0.25) is 0 Å². The summed E-state index contributed by atoms with van der Waals surface area (Å²) in [5.74, 6) is 0.828. The van der Waals surface area contributed by atoms with Crippen LogP contribution in [0.4, 0.5) is 0 Å². The molecular weight excluding hydrogens is 254 g/mol. The Bertz CT molecular complexity index is 508. The zero-order chi connectivity index (χ0) is 14.2. The Balaban J connectivity index is 1.71. The molecule has 20 heavy (non-hydrogen) atoms. The third kappa shape index (κ3) is 2.29. The third-order valence-electron chi connectivity index (χ3n) is 4.25. The maximum absolute atomic E-state index is 12.6. The van der Waals surface area contributed by atoms with Gasteiger partial charge in [-0.15, -0.1) is 0 Å². The van der Waals surface area contributed by atoms with Crippen LogP contribution in [0.3, 0.4) is 0 Å². The van der Waals surface area contributed by atoms with Gasteiger partial charge in [0.2, 0.25) is 5.91 Å². The lowest BCUT2D eigenvalue weighted by molar-refractivity contribution is -0.158. The Hall–Kier alpha value is -1.55. The van der Waals surface area contributed by atoms with Crippen molar-refractivity contribution in [2.75, 3.05) is 19.7 Å². The van der Waals surface area contributed by atoms with Gasteiger partial charge in [-0.1, -0.05) is 31.5 Å². The molecule has 4 nitrogen and oxygen atoms in total. The van der Waals surface area contributed by atoms with Crippen LogP contribution < -0.4 is 4.74 Å². The fourth-order valence-corrected chi connectivity index (χ4v) is 3.26. The van der Waals surface area contributed by atoms with E-state index in [0.717, 1.165) is 30.6 Å². The van der Waals surface area contributed by atoms with Crippen molar-refractivity contribution in [3.05, 3.63) is 29.8 Å². The van der Waals surface area contributed by atoms with Crippen molar-refractivity contribution in [2.24, 2.45) is 0 Å².